The monoisotopic (exact) mass is 291 g/mol. The molecule has 0 radical (unpaired) electrons. The summed E-state index contributed by atoms with van der Waals surface area (Å²) in [6.07, 6.45) is 3.97. The van der Waals surface area contributed by atoms with Crippen LogP contribution >= 0.6 is 0 Å². The molecule has 2 aromatic heterocycles. The molecule has 0 bridgehead atoms. The number of rotatable bonds is 6. The number of nitrogens with one attached hydrogen (secondary N) is 1. The van der Waals surface area contributed by atoms with Crippen LogP contribution in [0.2, 0.25) is 0 Å². The van der Waals surface area contributed by atoms with Crippen molar-refractivity contribution in [1.29, 1.82) is 0 Å². The summed E-state index contributed by atoms with van der Waals surface area (Å²) < 4.78 is 1.83. The highest BCUT2D eigenvalue weighted by molar-refractivity contribution is 5.86. The first-order valence-corrected chi connectivity index (χ1v) is 6.08. The molecule has 9 heteroatoms. The van der Waals surface area contributed by atoms with Gasteiger partial charge in [0.1, 0.15) is 5.82 Å². The van der Waals surface area contributed by atoms with Crippen molar-refractivity contribution in [1.82, 2.24) is 14.5 Å². The summed E-state index contributed by atoms with van der Waals surface area (Å²) in [5.41, 5.74) is -0.514. The molecule has 0 unspecified atom stereocenters. The maximum absolute atomic E-state index is 10.9. The van der Waals surface area contributed by atoms with Crippen molar-refractivity contribution in [2.45, 2.75) is 6.42 Å². The zero-order valence-corrected chi connectivity index (χ0v) is 11.2. The molecule has 21 heavy (non-hydrogen) atoms. The number of nitro groups is 1. The number of carbonyl (C=O) groups is 1. The Kier molecular flexibility index (Phi) is 4.12. The third-order valence-electron chi connectivity index (χ3n) is 2.85. The van der Waals surface area contributed by atoms with Crippen molar-refractivity contribution in [2.75, 3.05) is 11.9 Å². The normalized spacial score (nSPS) is 10.3. The number of anilines is 1. The van der Waals surface area contributed by atoms with E-state index in [1.807, 2.05) is 11.6 Å². The molecule has 9 nitrogen and oxygen atoms in total. The highest BCUT2D eigenvalue weighted by Crippen LogP contribution is 2.22. The van der Waals surface area contributed by atoms with Gasteiger partial charge in [-0.2, -0.15) is 0 Å². The highest BCUT2D eigenvalue weighted by Gasteiger charge is 2.18. The molecule has 0 aliphatic heterocycles. The summed E-state index contributed by atoms with van der Waals surface area (Å²) in [4.78, 5) is 29.0. The first kappa shape index (κ1) is 14.4. The lowest BCUT2D eigenvalue weighted by Gasteiger charge is -2.07. The number of hydrogen-bond acceptors (Lipinski definition) is 6. The highest BCUT2D eigenvalue weighted by atomic mass is 16.6. The van der Waals surface area contributed by atoms with Gasteiger partial charge >= 0.3 is 11.7 Å². The van der Waals surface area contributed by atoms with Crippen molar-refractivity contribution in [3.8, 4) is 0 Å². The molecule has 0 aliphatic rings. The Balaban J connectivity index is 2.13. The summed E-state index contributed by atoms with van der Waals surface area (Å²) in [5, 5.41) is 22.6. The number of aromatic carboxylic acids is 1. The Labute approximate surface area is 119 Å². The van der Waals surface area contributed by atoms with Crippen LogP contribution < -0.4 is 5.32 Å². The summed E-state index contributed by atoms with van der Waals surface area (Å²) in [5.74, 6) is -0.495. The van der Waals surface area contributed by atoms with E-state index in [0.29, 0.717) is 13.0 Å². The minimum absolute atomic E-state index is 0.0610. The average Bonchev–Trinajstić information content (AvgIpc) is 2.84. The van der Waals surface area contributed by atoms with Gasteiger partial charge in [0.15, 0.2) is 5.69 Å². The molecule has 2 N–H and O–H groups in total. The van der Waals surface area contributed by atoms with Crippen LogP contribution in [-0.4, -0.2) is 37.1 Å². The van der Waals surface area contributed by atoms with Gasteiger partial charge in [-0.15, -0.1) is 0 Å². The van der Waals surface area contributed by atoms with Gasteiger partial charge in [-0.1, -0.05) is 0 Å². The number of imidazole rings is 1. The lowest BCUT2D eigenvalue weighted by molar-refractivity contribution is -0.384. The molecule has 0 aliphatic carbocycles. The van der Waals surface area contributed by atoms with Crippen molar-refractivity contribution >= 4 is 17.5 Å². The molecular formula is C12H13N5O4. The molecule has 0 saturated heterocycles. The minimum atomic E-state index is -1.24. The predicted octanol–water partition coefficient (Wildman–Crippen LogP) is 1.08. The smallest absolute Gasteiger partial charge is 0.354 e. The number of nitrogens with zero attached hydrogens (tertiary/aromatic N) is 4. The summed E-state index contributed by atoms with van der Waals surface area (Å²) in [6, 6.07) is 2.23. The van der Waals surface area contributed by atoms with Crippen LogP contribution in [0.4, 0.5) is 11.5 Å². The van der Waals surface area contributed by atoms with Crippen LogP contribution in [0.1, 0.15) is 16.3 Å². The summed E-state index contributed by atoms with van der Waals surface area (Å²) in [7, 11) is 1.84. The molecule has 110 valence electrons. The third kappa shape index (κ3) is 3.32. The Morgan fingerprint density at radius 1 is 1.52 bits per heavy atom. The average molecular weight is 291 g/mol. The maximum atomic E-state index is 10.9. The van der Waals surface area contributed by atoms with Gasteiger partial charge in [0, 0.05) is 38.5 Å². The topological polar surface area (TPSA) is 123 Å². The SMILES string of the molecule is Cn1ccnc1CCNc1nc(C(=O)O)ccc1[N+](=O)[O-]. The van der Waals surface area contributed by atoms with Crippen LogP contribution in [0.5, 0.6) is 0 Å². The van der Waals surface area contributed by atoms with E-state index < -0.39 is 10.9 Å². The summed E-state index contributed by atoms with van der Waals surface area (Å²) in [6.45, 7) is 0.349. The van der Waals surface area contributed by atoms with E-state index in [1.165, 1.54) is 0 Å². The fourth-order valence-electron chi connectivity index (χ4n) is 1.78. The van der Waals surface area contributed by atoms with E-state index in [1.54, 1.807) is 12.4 Å². The second kappa shape index (κ2) is 5.99. The number of carboxylic acid groups (broad SMARTS) is 1. The molecule has 0 aromatic carbocycles. The lowest BCUT2D eigenvalue weighted by Crippen LogP contribution is -2.12. The number of pyridine rings is 1. The van der Waals surface area contributed by atoms with E-state index in [4.69, 9.17) is 5.11 Å². The Bertz CT molecular complexity index is 682. The molecule has 2 heterocycles. The van der Waals surface area contributed by atoms with Crippen molar-refractivity contribution in [2.24, 2.45) is 7.05 Å². The Hall–Kier alpha value is -2.97. The van der Waals surface area contributed by atoms with Crippen LogP contribution in [0.3, 0.4) is 0 Å². The zero-order valence-electron chi connectivity index (χ0n) is 11.2. The van der Waals surface area contributed by atoms with Crippen LogP contribution in [0.15, 0.2) is 24.5 Å². The van der Waals surface area contributed by atoms with Gasteiger partial charge in [-0.05, 0) is 6.07 Å². The fraction of sp³-hybridized carbons (Fsp3) is 0.250. The van der Waals surface area contributed by atoms with Crippen molar-refractivity contribution in [3.63, 3.8) is 0 Å². The van der Waals surface area contributed by atoms with Crippen molar-refractivity contribution < 1.29 is 14.8 Å². The largest absolute Gasteiger partial charge is 0.477 e. The zero-order chi connectivity index (χ0) is 15.4. The second-order valence-corrected chi connectivity index (χ2v) is 4.26. The Morgan fingerprint density at radius 2 is 2.29 bits per heavy atom. The number of aryl methyl sites for hydroxylation is 1. The summed E-state index contributed by atoms with van der Waals surface area (Å²) >= 11 is 0. The molecule has 0 atom stereocenters. The minimum Gasteiger partial charge on any atom is -0.477 e. The molecule has 2 rings (SSSR count). The molecule has 0 saturated carbocycles. The fourth-order valence-corrected chi connectivity index (χ4v) is 1.78. The standard InChI is InChI=1S/C12H13N5O4/c1-16-7-6-13-10(16)4-5-14-11-9(17(20)21)3-2-8(15-11)12(18)19/h2-3,6-7H,4-5H2,1H3,(H,14,15)(H,18,19). The third-order valence-corrected chi connectivity index (χ3v) is 2.85. The molecular weight excluding hydrogens is 278 g/mol. The predicted molar refractivity (Wildman–Crippen MR) is 73.3 cm³/mol. The van der Waals surface area contributed by atoms with E-state index in [2.05, 4.69) is 15.3 Å². The Morgan fingerprint density at radius 3 is 2.86 bits per heavy atom. The van der Waals surface area contributed by atoms with Crippen LogP contribution in [-0.2, 0) is 13.5 Å². The van der Waals surface area contributed by atoms with Crippen LogP contribution in [0, 0.1) is 10.1 Å². The maximum Gasteiger partial charge on any atom is 0.354 e. The molecule has 0 fully saturated rings. The van der Waals surface area contributed by atoms with Gasteiger partial charge in [-0.25, -0.2) is 14.8 Å². The van der Waals surface area contributed by atoms with Gasteiger partial charge < -0.3 is 15.0 Å². The van der Waals surface area contributed by atoms with Gasteiger partial charge in [0.25, 0.3) is 0 Å². The number of carboxylic acids is 1. The van der Waals surface area contributed by atoms with E-state index in [0.717, 1.165) is 18.0 Å². The van der Waals surface area contributed by atoms with E-state index in [-0.39, 0.29) is 17.2 Å². The number of hydrogen-bond donors (Lipinski definition) is 2. The number of aromatic nitrogens is 3. The second-order valence-electron chi connectivity index (χ2n) is 4.26. The first-order valence-electron chi connectivity index (χ1n) is 6.08. The lowest BCUT2D eigenvalue weighted by atomic mass is 10.3. The molecule has 0 amide bonds. The molecule has 0 spiro atoms. The van der Waals surface area contributed by atoms with Crippen molar-refractivity contribution in [3.05, 3.63) is 46.2 Å². The van der Waals surface area contributed by atoms with Gasteiger partial charge in [0.05, 0.1) is 4.92 Å². The van der Waals surface area contributed by atoms with Gasteiger partial charge in [-0.3, -0.25) is 10.1 Å². The van der Waals surface area contributed by atoms with E-state index in [9.17, 15) is 14.9 Å². The first-order chi connectivity index (χ1) is 9.99. The van der Waals surface area contributed by atoms with Gasteiger partial charge in [0.2, 0.25) is 5.82 Å². The quantitative estimate of drug-likeness (QED) is 0.602. The molecule has 2 aromatic rings. The van der Waals surface area contributed by atoms with E-state index >= 15 is 0 Å². The van der Waals surface area contributed by atoms with Crippen LogP contribution in [0.25, 0.3) is 0 Å².